The molecule has 2 saturated heterocycles. The molecule has 270 valence electrons. The van der Waals surface area contributed by atoms with E-state index in [2.05, 4.69) is 30.2 Å². The lowest BCUT2D eigenvalue weighted by molar-refractivity contribution is -0.118. The number of nitriles is 1. The first-order valence-electron chi connectivity index (χ1n) is 15.8. The SMILES string of the molecule is CC(C)C(=O)Nc1nc2c(ncn2[C@@H]2O[C@@H]3COP(=O)(O)O[C@H]4C[C@H](Oc5ccncn5)C[C@@H]4COP(=S)(OCCC#N)O[C@@H]2[C@@H]3C)c(=O)[nH]1. The third kappa shape index (κ3) is 8.29. The summed E-state index contributed by atoms with van der Waals surface area (Å²) in [5, 5.41) is 11.8. The zero-order valence-corrected chi connectivity index (χ0v) is 29.8. The molecule has 22 heteroatoms. The van der Waals surface area contributed by atoms with Crippen LogP contribution in [0.25, 0.3) is 11.2 Å². The van der Waals surface area contributed by atoms with Crippen molar-refractivity contribution < 1.29 is 46.3 Å². The number of carbonyl (C=O) groups is 1. The van der Waals surface area contributed by atoms with Gasteiger partial charge in [0.1, 0.15) is 18.5 Å². The zero-order chi connectivity index (χ0) is 35.6. The number of nitrogens with zero attached hydrogens (tertiary/aromatic N) is 6. The first-order chi connectivity index (χ1) is 23.8. The van der Waals surface area contributed by atoms with E-state index in [1.165, 1.54) is 23.4 Å². The van der Waals surface area contributed by atoms with Crippen LogP contribution in [0.15, 0.2) is 29.7 Å². The van der Waals surface area contributed by atoms with Crippen LogP contribution in [0.3, 0.4) is 0 Å². The average Bonchev–Trinajstić information content (AvgIpc) is 3.74. The Hall–Kier alpha value is -3.21. The molecule has 1 saturated carbocycles. The molecule has 2 bridgehead atoms. The van der Waals surface area contributed by atoms with E-state index in [9.17, 15) is 24.3 Å². The summed E-state index contributed by atoms with van der Waals surface area (Å²) in [5.41, 5.74) is -0.601. The van der Waals surface area contributed by atoms with E-state index in [1.54, 1.807) is 26.8 Å². The van der Waals surface area contributed by atoms with Gasteiger partial charge in [-0.3, -0.25) is 33.5 Å². The van der Waals surface area contributed by atoms with Crippen LogP contribution in [0.1, 0.15) is 46.3 Å². The van der Waals surface area contributed by atoms with Gasteiger partial charge in [0.15, 0.2) is 17.4 Å². The summed E-state index contributed by atoms with van der Waals surface area (Å²) >= 11 is 5.89. The zero-order valence-electron chi connectivity index (χ0n) is 27.2. The summed E-state index contributed by atoms with van der Waals surface area (Å²) in [4.78, 5) is 55.3. The molecule has 50 heavy (non-hydrogen) atoms. The van der Waals surface area contributed by atoms with Gasteiger partial charge in [-0.1, -0.05) is 20.8 Å². The maximum Gasteiger partial charge on any atom is 0.472 e. The Kier molecular flexibility index (Phi) is 11.1. The highest BCUT2D eigenvalue weighted by molar-refractivity contribution is 8.07. The first-order valence-corrected chi connectivity index (χ1v) is 19.9. The van der Waals surface area contributed by atoms with E-state index < -0.39 is 68.5 Å². The van der Waals surface area contributed by atoms with Crippen molar-refractivity contribution in [2.45, 2.75) is 70.7 Å². The minimum absolute atomic E-state index is 0.00313. The van der Waals surface area contributed by atoms with Crippen molar-refractivity contribution in [1.82, 2.24) is 29.5 Å². The van der Waals surface area contributed by atoms with Crippen LogP contribution in [0.5, 0.6) is 5.88 Å². The topological polar surface area (TPSA) is 244 Å². The fourth-order valence-corrected chi connectivity index (χ4v) is 8.99. The standard InChI is InChI=1S/C28H36N8O11P2S/c1-15(2)25(37)34-28-33-24-22(26(38)35-28)32-14-36(24)27-23-16(3)20(45-27)12-42-48(39,40)46-19-10-18(44-21-5-7-30-13-31-21)9-17(19)11-43-49(50,47-23)41-8-4-6-29/h5,7,13-20,23,27H,4,8-12H2,1-3H3,(H,39,40)(H2,33,34,35,37,38)/t16-,17-,18-,19+,20-,23-,27-,49?/m1/s1. The molecule has 3 N–H and O–H groups in total. The number of amides is 1. The number of anilines is 1. The third-order valence-electron chi connectivity index (χ3n) is 8.43. The molecule has 3 fully saturated rings. The van der Waals surface area contributed by atoms with Crippen LogP contribution in [-0.4, -0.2) is 84.5 Å². The van der Waals surface area contributed by atoms with Crippen molar-refractivity contribution >= 4 is 49.4 Å². The number of fused-ring (bicyclic) bond motifs is 4. The van der Waals surface area contributed by atoms with Gasteiger partial charge in [0.25, 0.3) is 5.56 Å². The molecule has 5 heterocycles. The fraction of sp³-hybridized carbons (Fsp3) is 0.607. The predicted octanol–water partition coefficient (Wildman–Crippen LogP) is 2.97. The van der Waals surface area contributed by atoms with Gasteiger partial charge in [-0.25, -0.2) is 19.5 Å². The quantitative estimate of drug-likeness (QED) is 0.221. The molecular weight excluding hydrogens is 718 g/mol. The van der Waals surface area contributed by atoms with Gasteiger partial charge in [0, 0.05) is 36.4 Å². The maximum absolute atomic E-state index is 13.3. The lowest BCUT2D eigenvalue weighted by Gasteiger charge is -2.30. The smallest absolute Gasteiger partial charge is 0.472 e. The summed E-state index contributed by atoms with van der Waals surface area (Å²) in [5.74, 6) is -1.62. The molecule has 2 aliphatic heterocycles. The molecule has 3 aliphatic rings. The predicted molar refractivity (Wildman–Crippen MR) is 176 cm³/mol. The van der Waals surface area contributed by atoms with Crippen molar-refractivity contribution in [1.29, 1.82) is 5.26 Å². The van der Waals surface area contributed by atoms with Crippen molar-refractivity contribution in [3.8, 4) is 11.9 Å². The second-order valence-corrected chi connectivity index (χ2v) is 16.7. The van der Waals surface area contributed by atoms with E-state index in [0.717, 1.165) is 0 Å². The summed E-state index contributed by atoms with van der Waals surface area (Å²) in [6.07, 6.45) is 0.542. The Morgan fingerprint density at radius 2 is 2.08 bits per heavy atom. The normalized spacial score (nSPS) is 33.2. The minimum atomic E-state index is -4.66. The fourth-order valence-electron chi connectivity index (χ4n) is 5.81. The highest BCUT2D eigenvalue weighted by Crippen LogP contribution is 2.57. The maximum atomic E-state index is 13.3. The van der Waals surface area contributed by atoms with Gasteiger partial charge in [-0.2, -0.15) is 10.2 Å². The molecule has 0 radical (unpaired) electrons. The number of ether oxygens (including phenoxy) is 2. The molecule has 19 nitrogen and oxygen atoms in total. The number of H-pyrrole nitrogens is 1. The summed E-state index contributed by atoms with van der Waals surface area (Å²) in [6.45, 7) is 0.865. The van der Waals surface area contributed by atoms with Crippen molar-refractivity contribution in [2.75, 3.05) is 25.1 Å². The second-order valence-electron chi connectivity index (χ2n) is 12.3. The molecule has 6 rings (SSSR count). The number of carbonyl (C=O) groups excluding carboxylic acids is 1. The summed E-state index contributed by atoms with van der Waals surface area (Å²) in [6, 6.07) is 3.60. The van der Waals surface area contributed by atoms with Crippen LogP contribution >= 0.6 is 14.5 Å². The number of phosphoric ester groups is 1. The van der Waals surface area contributed by atoms with Gasteiger partial charge in [-0.15, -0.1) is 0 Å². The van der Waals surface area contributed by atoms with Crippen LogP contribution < -0.4 is 15.6 Å². The number of hydrogen-bond acceptors (Lipinski definition) is 16. The van der Waals surface area contributed by atoms with Gasteiger partial charge < -0.3 is 27.9 Å². The summed E-state index contributed by atoms with van der Waals surface area (Å²) in [7, 11) is -4.66. The van der Waals surface area contributed by atoms with Crippen LogP contribution in [0, 0.1) is 29.1 Å². The van der Waals surface area contributed by atoms with Crippen molar-refractivity contribution in [3.05, 3.63) is 35.3 Å². The number of imidazole rings is 1. The molecule has 2 unspecified atom stereocenters. The van der Waals surface area contributed by atoms with E-state index in [-0.39, 0.29) is 55.7 Å². The molecule has 0 aromatic carbocycles. The third-order valence-corrected chi connectivity index (χ3v) is 11.8. The number of hydrogen-bond donors (Lipinski definition) is 3. The summed E-state index contributed by atoms with van der Waals surface area (Å²) < 4.78 is 56.9. The Labute approximate surface area is 290 Å². The molecule has 3 aromatic rings. The minimum Gasteiger partial charge on any atom is -0.474 e. The number of aromatic nitrogens is 6. The van der Waals surface area contributed by atoms with Crippen LogP contribution in [0.4, 0.5) is 5.95 Å². The highest BCUT2D eigenvalue weighted by Gasteiger charge is 2.50. The van der Waals surface area contributed by atoms with E-state index in [4.69, 9.17) is 43.9 Å². The van der Waals surface area contributed by atoms with Gasteiger partial charge >= 0.3 is 14.5 Å². The Morgan fingerprint density at radius 3 is 2.82 bits per heavy atom. The highest BCUT2D eigenvalue weighted by atomic mass is 32.5. The van der Waals surface area contributed by atoms with E-state index in [0.29, 0.717) is 12.3 Å². The van der Waals surface area contributed by atoms with E-state index in [1.807, 2.05) is 6.07 Å². The van der Waals surface area contributed by atoms with E-state index >= 15 is 0 Å². The Balaban J connectivity index is 1.32. The molecule has 0 spiro atoms. The lowest BCUT2D eigenvalue weighted by Crippen LogP contribution is -2.29. The van der Waals surface area contributed by atoms with Crippen LogP contribution in [0.2, 0.25) is 0 Å². The first kappa shape index (κ1) is 36.6. The van der Waals surface area contributed by atoms with Gasteiger partial charge in [-0.05, 0) is 18.2 Å². The average molecular weight is 755 g/mol. The Morgan fingerprint density at radius 1 is 1.26 bits per heavy atom. The number of phosphoric acid groups is 1. The van der Waals surface area contributed by atoms with Crippen molar-refractivity contribution in [2.24, 2.45) is 17.8 Å². The largest absolute Gasteiger partial charge is 0.474 e. The molecule has 9 atom stereocenters. The number of aromatic amines is 1. The molecule has 1 aliphatic carbocycles. The monoisotopic (exact) mass is 754 g/mol. The lowest BCUT2D eigenvalue weighted by atomic mass is 10.0. The van der Waals surface area contributed by atoms with Gasteiger partial charge in [0.2, 0.25) is 17.7 Å². The molecular formula is C28H36N8O11P2S. The number of rotatable bonds is 8. The second kappa shape index (κ2) is 15.2. The number of nitrogens with one attached hydrogen (secondary N) is 2. The van der Waals surface area contributed by atoms with Gasteiger partial charge in [0.05, 0.1) is 50.8 Å². The molecule has 1 amide bonds. The molecule has 3 aromatic heterocycles. The van der Waals surface area contributed by atoms with Crippen LogP contribution in [-0.2, 0) is 48.5 Å². The Bertz CT molecular complexity index is 1890. The van der Waals surface area contributed by atoms with Crippen molar-refractivity contribution in [3.63, 3.8) is 0 Å².